The van der Waals surface area contributed by atoms with Crippen LogP contribution in [0.1, 0.15) is 5.56 Å². The van der Waals surface area contributed by atoms with E-state index in [4.69, 9.17) is 16.2 Å². The minimum Gasteiger partial charge on any atom is -0.282 e. The lowest BCUT2D eigenvalue weighted by molar-refractivity contribution is -0.136. The fourth-order valence-corrected chi connectivity index (χ4v) is 2.99. The van der Waals surface area contributed by atoms with E-state index in [9.17, 15) is 34.8 Å². The molecule has 0 amide bonds. The standard InChI is InChI=1S/C11H3ClF6O3S/c12-4-2-6(22(19,20)21)3-1-5(13)9(14)10(15)7(3)8(4)11(16,17)18/h1-2H,(H,19,20,21). The molecule has 0 saturated heterocycles. The third-order valence-electron chi connectivity index (χ3n) is 2.74. The average Bonchev–Trinajstić information content (AvgIpc) is 2.33. The van der Waals surface area contributed by atoms with Crippen LogP contribution < -0.4 is 0 Å². The highest BCUT2D eigenvalue weighted by atomic mass is 35.5. The molecule has 0 radical (unpaired) electrons. The van der Waals surface area contributed by atoms with Crippen molar-refractivity contribution < 1.29 is 39.3 Å². The molecule has 0 aliphatic carbocycles. The molecule has 0 aliphatic rings. The zero-order valence-electron chi connectivity index (χ0n) is 9.97. The molecule has 2 aromatic rings. The number of halogens is 7. The molecule has 0 aliphatic heterocycles. The first-order valence-electron chi connectivity index (χ1n) is 5.20. The second-order valence-electron chi connectivity index (χ2n) is 4.11. The van der Waals surface area contributed by atoms with Gasteiger partial charge in [0, 0.05) is 10.8 Å². The van der Waals surface area contributed by atoms with Crippen LogP contribution in [0.2, 0.25) is 5.02 Å². The molecule has 2 rings (SSSR count). The van der Waals surface area contributed by atoms with Crippen molar-refractivity contribution in [2.24, 2.45) is 0 Å². The number of rotatable bonds is 1. The smallest absolute Gasteiger partial charge is 0.282 e. The Balaban J connectivity index is 3.22. The highest BCUT2D eigenvalue weighted by Crippen LogP contribution is 2.43. The Bertz CT molecular complexity index is 891. The van der Waals surface area contributed by atoms with Gasteiger partial charge in [-0.05, 0) is 12.1 Å². The van der Waals surface area contributed by atoms with Crippen LogP contribution in [-0.2, 0) is 16.3 Å². The fraction of sp³-hybridized carbons (Fsp3) is 0.0909. The summed E-state index contributed by atoms with van der Waals surface area (Å²) in [6, 6.07) is 0.210. The summed E-state index contributed by atoms with van der Waals surface area (Å²) in [5, 5.41) is -4.07. The first-order chi connectivity index (χ1) is 9.85. The van der Waals surface area contributed by atoms with E-state index in [1.54, 1.807) is 0 Å². The highest BCUT2D eigenvalue weighted by molar-refractivity contribution is 7.86. The topological polar surface area (TPSA) is 54.4 Å². The monoisotopic (exact) mass is 364 g/mol. The zero-order chi connectivity index (χ0) is 17.0. The van der Waals surface area contributed by atoms with Crippen LogP contribution in [0, 0.1) is 17.5 Å². The molecular weight excluding hydrogens is 362 g/mol. The van der Waals surface area contributed by atoms with Gasteiger partial charge in [0.1, 0.15) is 4.90 Å². The average molecular weight is 365 g/mol. The van der Waals surface area contributed by atoms with E-state index >= 15 is 0 Å². The van der Waals surface area contributed by atoms with Crippen molar-refractivity contribution in [3.05, 3.63) is 40.2 Å². The van der Waals surface area contributed by atoms with Gasteiger partial charge in [0.05, 0.1) is 10.6 Å². The molecular formula is C11H3ClF6O3S. The molecule has 0 aromatic heterocycles. The van der Waals surface area contributed by atoms with Gasteiger partial charge in [0.25, 0.3) is 10.1 Å². The van der Waals surface area contributed by atoms with Gasteiger partial charge in [0.2, 0.25) is 0 Å². The Hall–Kier alpha value is -1.52. The molecule has 0 spiro atoms. The second-order valence-corrected chi connectivity index (χ2v) is 5.91. The molecule has 0 atom stereocenters. The van der Waals surface area contributed by atoms with Gasteiger partial charge in [-0.15, -0.1) is 0 Å². The molecule has 0 heterocycles. The van der Waals surface area contributed by atoms with Crippen LogP contribution >= 0.6 is 11.6 Å². The normalized spacial score (nSPS) is 12.9. The Morgan fingerprint density at radius 3 is 2.05 bits per heavy atom. The Labute approximate surface area is 123 Å². The molecule has 3 nitrogen and oxygen atoms in total. The van der Waals surface area contributed by atoms with Crippen molar-refractivity contribution in [3.8, 4) is 0 Å². The summed E-state index contributed by atoms with van der Waals surface area (Å²) in [5.74, 6) is -6.43. The van der Waals surface area contributed by atoms with E-state index < -0.39 is 60.0 Å². The van der Waals surface area contributed by atoms with Gasteiger partial charge in [-0.25, -0.2) is 13.2 Å². The molecule has 0 unspecified atom stereocenters. The predicted molar refractivity (Wildman–Crippen MR) is 63.6 cm³/mol. The van der Waals surface area contributed by atoms with E-state index in [-0.39, 0.29) is 12.1 Å². The maximum Gasteiger partial charge on any atom is 0.418 e. The summed E-state index contributed by atoms with van der Waals surface area (Å²) in [6.45, 7) is 0. The third kappa shape index (κ3) is 2.61. The van der Waals surface area contributed by atoms with Gasteiger partial charge < -0.3 is 0 Å². The summed E-state index contributed by atoms with van der Waals surface area (Å²) < 4.78 is 110. The molecule has 2 aromatic carbocycles. The van der Waals surface area contributed by atoms with Crippen molar-refractivity contribution in [1.82, 2.24) is 0 Å². The van der Waals surface area contributed by atoms with Gasteiger partial charge in [-0.2, -0.15) is 21.6 Å². The maximum absolute atomic E-state index is 13.7. The van der Waals surface area contributed by atoms with E-state index in [1.165, 1.54) is 0 Å². The number of hydrogen-bond acceptors (Lipinski definition) is 2. The van der Waals surface area contributed by atoms with Crippen LogP contribution in [-0.4, -0.2) is 13.0 Å². The van der Waals surface area contributed by atoms with Crippen LogP contribution in [0.15, 0.2) is 17.0 Å². The molecule has 11 heteroatoms. The number of alkyl halides is 3. The minimum atomic E-state index is -5.28. The van der Waals surface area contributed by atoms with E-state index in [0.717, 1.165) is 0 Å². The van der Waals surface area contributed by atoms with E-state index in [1.807, 2.05) is 0 Å². The van der Waals surface area contributed by atoms with Gasteiger partial charge in [-0.3, -0.25) is 4.55 Å². The summed E-state index contributed by atoms with van der Waals surface area (Å²) in [7, 11) is -5.17. The van der Waals surface area contributed by atoms with Crippen molar-refractivity contribution >= 4 is 32.5 Å². The van der Waals surface area contributed by atoms with Crippen LogP contribution in [0.3, 0.4) is 0 Å². The van der Waals surface area contributed by atoms with Crippen LogP contribution in [0.25, 0.3) is 10.8 Å². The first-order valence-corrected chi connectivity index (χ1v) is 7.02. The highest BCUT2D eigenvalue weighted by Gasteiger charge is 2.39. The van der Waals surface area contributed by atoms with E-state index in [0.29, 0.717) is 0 Å². The number of benzene rings is 2. The molecule has 22 heavy (non-hydrogen) atoms. The summed E-state index contributed by atoms with van der Waals surface area (Å²) in [6.07, 6.45) is -5.28. The van der Waals surface area contributed by atoms with Crippen molar-refractivity contribution in [3.63, 3.8) is 0 Å². The Morgan fingerprint density at radius 2 is 1.59 bits per heavy atom. The number of fused-ring (bicyclic) bond motifs is 1. The van der Waals surface area contributed by atoms with Crippen LogP contribution in [0.5, 0.6) is 0 Å². The van der Waals surface area contributed by atoms with E-state index in [2.05, 4.69) is 0 Å². The van der Waals surface area contributed by atoms with Crippen molar-refractivity contribution in [2.75, 3.05) is 0 Å². The van der Waals surface area contributed by atoms with Gasteiger partial charge in [0.15, 0.2) is 17.5 Å². The van der Waals surface area contributed by atoms with Crippen LogP contribution in [0.4, 0.5) is 26.3 Å². The zero-order valence-corrected chi connectivity index (χ0v) is 11.5. The lowest BCUT2D eigenvalue weighted by atomic mass is 10.0. The van der Waals surface area contributed by atoms with Crippen molar-refractivity contribution in [1.29, 1.82) is 0 Å². The first kappa shape index (κ1) is 16.8. The predicted octanol–water partition coefficient (Wildman–Crippen LogP) is 4.18. The lowest BCUT2D eigenvalue weighted by Crippen LogP contribution is -2.11. The van der Waals surface area contributed by atoms with Gasteiger partial charge in [-0.1, -0.05) is 11.6 Å². The summed E-state index contributed by atoms with van der Waals surface area (Å²) >= 11 is 5.28. The molecule has 0 fully saturated rings. The SMILES string of the molecule is O=S(=O)(O)c1cc(Cl)c(C(F)(F)F)c2c(F)c(F)c(F)cc12. The maximum atomic E-state index is 13.7. The Morgan fingerprint density at radius 1 is 1.05 bits per heavy atom. The quantitative estimate of drug-likeness (QED) is 0.469. The van der Waals surface area contributed by atoms with Crippen molar-refractivity contribution in [2.45, 2.75) is 11.1 Å². The number of hydrogen-bond donors (Lipinski definition) is 1. The molecule has 120 valence electrons. The molecule has 0 saturated carbocycles. The minimum absolute atomic E-state index is 0.0302. The molecule has 0 bridgehead atoms. The molecule has 1 N–H and O–H groups in total. The Kier molecular flexibility index (Phi) is 3.83. The lowest BCUT2D eigenvalue weighted by Gasteiger charge is -2.15. The second kappa shape index (κ2) is 5.00. The van der Waals surface area contributed by atoms with Gasteiger partial charge >= 0.3 is 6.18 Å². The largest absolute Gasteiger partial charge is 0.418 e. The summed E-state index contributed by atoms with van der Waals surface area (Å²) in [5.41, 5.74) is -1.88. The third-order valence-corrected chi connectivity index (χ3v) is 3.93. The summed E-state index contributed by atoms with van der Waals surface area (Å²) in [4.78, 5) is -1.28. The fourth-order valence-electron chi connectivity index (χ4n) is 1.91.